The lowest BCUT2D eigenvalue weighted by molar-refractivity contribution is -0.216. The van der Waals surface area contributed by atoms with Crippen molar-refractivity contribution in [2.45, 2.75) is 32.4 Å². The van der Waals surface area contributed by atoms with Crippen LogP contribution in [0.4, 0.5) is 13.2 Å². The molecule has 1 aliphatic heterocycles. The Morgan fingerprint density at radius 3 is 2.41 bits per heavy atom. The van der Waals surface area contributed by atoms with E-state index in [9.17, 15) is 18.0 Å². The van der Waals surface area contributed by atoms with E-state index in [1.807, 2.05) is 6.92 Å². The van der Waals surface area contributed by atoms with Crippen molar-refractivity contribution in [2.75, 3.05) is 19.6 Å². The summed E-state index contributed by atoms with van der Waals surface area (Å²) in [6.45, 7) is 2.26. The van der Waals surface area contributed by atoms with Gasteiger partial charge in [0.25, 0.3) is 0 Å². The highest BCUT2D eigenvalue weighted by atomic mass is 19.4. The van der Waals surface area contributed by atoms with Crippen molar-refractivity contribution in [3.8, 4) is 0 Å². The zero-order valence-corrected chi connectivity index (χ0v) is 9.78. The lowest BCUT2D eigenvalue weighted by Gasteiger charge is -2.29. The Hall–Kier alpha value is -0.780. The van der Waals surface area contributed by atoms with Crippen LogP contribution in [0.25, 0.3) is 0 Å². The van der Waals surface area contributed by atoms with E-state index in [4.69, 9.17) is 0 Å². The van der Waals surface area contributed by atoms with Crippen LogP contribution in [-0.4, -0.2) is 31.7 Å². The number of hydrogen-bond acceptors (Lipinski definition) is 2. The average molecular weight is 250 g/mol. The van der Waals surface area contributed by atoms with Gasteiger partial charge in [-0.2, -0.15) is 13.2 Å². The van der Waals surface area contributed by atoms with E-state index < -0.39 is 17.5 Å². The zero-order valence-electron chi connectivity index (χ0n) is 9.78. The summed E-state index contributed by atoms with van der Waals surface area (Å²) in [7, 11) is 0. The van der Waals surface area contributed by atoms with Crippen LogP contribution in [0.2, 0.25) is 0 Å². The highest BCUT2D eigenvalue weighted by Gasteiger charge is 2.61. The molecule has 6 heteroatoms. The molecule has 0 spiro atoms. The van der Waals surface area contributed by atoms with Gasteiger partial charge >= 0.3 is 6.18 Å². The first-order valence-electron chi connectivity index (χ1n) is 5.85. The van der Waals surface area contributed by atoms with E-state index in [0.29, 0.717) is 6.54 Å². The predicted octanol–water partition coefficient (Wildman–Crippen LogP) is 1.44. The van der Waals surface area contributed by atoms with Crippen molar-refractivity contribution in [1.82, 2.24) is 10.6 Å². The van der Waals surface area contributed by atoms with E-state index >= 15 is 0 Å². The van der Waals surface area contributed by atoms with Gasteiger partial charge in [0.05, 0.1) is 0 Å². The SMILES string of the molecule is CC1(CNC(=O)C2(C(F)(F)F)CCNC2)CC1. The number of alkyl halides is 3. The molecule has 0 radical (unpaired) electrons. The van der Waals surface area contributed by atoms with Crippen LogP contribution in [0.15, 0.2) is 0 Å². The lowest BCUT2D eigenvalue weighted by Crippen LogP contribution is -2.53. The fourth-order valence-corrected chi connectivity index (χ4v) is 2.11. The van der Waals surface area contributed by atoms with Gasteiger partial charge in [0.2, 0.25) is 5.91 Å². The number of rotatable bonds is 3. The number of carbonyl (C=O) groups is 1. The van der Waals surface area contributed by atoms with Crippen molar-refractivity contribution in [2.24, 2.45) is 10.8 Å². The standard InChI is InChI=1S/C11H17F3N2O/c1-9(2-3-9)6-16-8(17)10(11(12,13)14)4-5-15-7-10/h15H,2-7H2,1H3,(H,16,17). The molecule has 1 saturated carbocycles. The molecule has 2 N–H and O–H groups in total. The number of halogens is 3. The largest absolute Gasteiger partial charge is 0.404 e. The molecule has 0 aromatic heterocycles. The van der Waals surface area contributed by atoms with Crippen LogP contribution >= 0.6 is 0 Å². The maximum atomic E-state index is 13.0. The normalized spacial score (nSPS) is 31.3. The summed E-state index contributed by atoms with van der Waals surface area (Å²) in [4.78, 5) is 11.8. The lowest BCUT2D eigenvalue weighted by atomic mass is 9.85. The van der Waals surface area contributed by atoms with Gasteiger partial charge in [0.15, 0.2) is 5.41 Å². The molecule has 2 aliphatic rings. The van der Waals surface area contributed by atoms with E-state index in [-0.39, 0.29) is 24.9 Å². The molecule has 1 unspecified atom stereocenters. The Bertz CT molecular complexity index is 317. The monoisotopic (exact) mass is 250 g/mol. The van der Waals surface area contributed by atoms with Crippen LogP contribution in [0.1, 0.15) is 26.2 Å². The first kappa shape index (κ1) is 12.7. The maximum absolute atomic E-state index is 13.0. The summed E-state index contributed by atoms with van der Waals surface area (Å²) in [6, 6.07) is 0. The minimum atomic E-state index is -4.48. The minimum absolute atomic E-state index is 0.0223. The molecule has 1 amide bonds. The van der Waals surface area contributed by atoms with Gasteiger partial charge < -0.3 is 10.6 Å². The maximum Gasteiger partial charge on any atom is 0.404 e. The number of carbonyl (C=O) groups excluding carboxylic acids is 1. The molecule has 0 aromatic rings. The van der Waals surface area contributed by atoms with Gasteiger partial charge in [-0.3, -0.25) is 4.79 Å². The molecule has 1 saturated heterocycles. The Balaban J connectivity index is 2.03. The molecule has 0 bridgehead atoms. The second-order valence-corrected chi connectivity index (χ2v) is 5.50. The Morgan fingerprint density at radius 1 is 1.35 bits per heavy atom. The number of hydrogen-bond donors (Lipinski definition) is 2. The van der Waals surface area contributed by atoms with E-state index in [2.05, 4.69) is 10.6 Å². The van der Waals surface area contributed by atoms with Crippen LogP contribution in [-0.2, 0) is 4.79 Å². The van der Waals surface area contributed by atoms with Crippen LogP contribution < -0.4 is 10.6 Å². The molecule has 98 valence electrons. The van der Waals surface area contributed by atoms with Gasteiger partial charge in [0.1, 0.15) is 0 Å². The summed E-state index contributed by atoms with van der Waals surface area (Å²) < 4.78 is 39.0. The third kappa shape index (κ3) is 2.27. The molecule has 3 nitrogen and oxygen atoms in total. The quantitative estimate of drug-likeness (QED) is 0.796. The van der Waals surface area contributed by atoms with E-state index in [0.717, 1.165) is 12.8 Å². The smallest absolute Gasteiger partial charge is 0.355 e. The summed E-state index contributed by atoms with van der Waals surface area (Å²) >= 11 is 0. The van der Waals surface area contributed by atoms with Gasteiger partial charge in [-0.25, -0.2) is 0 Å². The molecule has 1 atom stereocenters. The van der Waals surface area contributed by atoms with Gasteiger partial charge in [0, 0.05) is 13.1 Å². The molecule has 1 heterocycles. The Morgan fingerprint density at radius 2 is 2.00 bits per heavy atom. The van der Waals surface area contributed by atoms with Crippen molar-refractivity contribution in [1.29, 1.82) is 0 Å². The zero-order chi connectivity index (χ0) is 12.7. The fourth-order valence-electron chi connectivity index (χ4n) is 2.11. The van der Waals surface area contributed by atoms with Gasteiger partial charge in [-0.05, 0) is 31.2 Å². The third-order valence-electron chi connectivity index (χ3n) is 3.91. The van der Waals surface area contributed by atoms with Crippen molar-refractivity contribution >= 4 is 5.91 Å². The first-order valence-corrected chi connectivity index (χ1v) is 5.85. The van der Waals surface area contributed by atoms with E-state index in [1.54, 1.807) is 0 Å². The predicted molar refractivity (Wildman–Crippen MR) is 56.3 cm³/mol. The minimum Gasteiger partial charge on any atom is -0.355 e. The molecular weight excluding hydrogens is 233 g/mol. The highest BCUT2D eigenvalue weighted by molar-refractivity contribution is 5.84. The average Bonchev–Trinajstić information content (AvgIpc) is 2.80. The second-order valence-electron chi connectivity index (χ2n) is 5.50. The van der Waals surface area contributed by atoms with Crippen molar-refractivity contribution < 1.29 is 18.0 Å². The second kappa shape index (κ2) is 3.86. The summed E-state index contributed by atoms with van der Waals surface area (Å²) in [5.74, 6) is -0.872. The first-order chi connectivity index (χ1) is 7.79. The summed E-state index contributed by atoms with van der Waals surface area (Å²) in [5.41, 5.74) is -2.20. The van der Waals surface area contributed by atoms with Crippen molar-refractivity contribution in [3.05, 3.63) is 0 Å². The summed E-state index contributed by atoms with van der Waals surface area (Å²) in [6.07, 6.45) is -2.70. The molecule has 0 aromatic carbocycles. The molecular formula is C11H17F3N2O. The van der Waals surface area contributed by atoms with Crippen LogP contribution in [0.3, 0.4) is 0 Å². The summed E-state index contributed by atoms with van der Waals surface area (Å²) in [5, 5.41) is 5.11. The fraction of sp³-hybridized carbons (Fsp3) is 0.909. The molecule has 2 rings (SSSR count). The third-order valence-corrected chi connectivity index (χ3v) is 3.91. The Labute approximate surface area is 98.1 Å². The highest BCUT2D eigenvalue weighted by Crippen LogP contribution is 2.46. The Kier molecular flexibility index (Phi) is 2.88. The molecule has 2 fully saturated rings. The van der Waals surface area contributed by atoms with E-state index in [1.165, 1.54) is 0 Å². The van der Waals surface area contributed by atoms with Crippen molar-refractivity contribution in [3.63, 3.8) is 0 Å². The topological polar surface area (TPSA) is 41.1 Å². The molecule has 17 heavy (non-hydrogen) atoms. The van der Waals surface area contributed by atoms with Gasteiger partial charge in [-0.1, -0.05) is 6.92 Å². The number of amides is 1. The van der Waals surface area contributed by atoms with Gasteiger partial charge in [-0.15, -0.1) is 0 Å². The molecule has 1 aliphatic carbocycles. The van der Waals surface area contributed by atoms with Crippen LogP contribution in [0.5, 0.6) is 0 Å². The number of nitrogens with one attached hydrogen (secondary N) is 2. The van der Waals surface area contributed by atoms with Crippen LogP contribution in [0, 0.1) is 10.8 Å².